The fourth-order valence-corrected chi connectivity index (χ4v) is 9.47. The number of nitrogens with zero attached hydrogens (tertiary/aromatic N) is 3. The summed E-state index contributed by atoms with van der Waals surface area (Å²) in [4.78, 5) is 0. The van der Waals surface area contributed by atoms with Gasteiger partial charge in [-0.05, 0) is 43.9 Å². The SMILES string of the molecule is CC(C)(C)P(=Nc1cc(Cl)ccc1Cl)(N1CCCCC1)N1CCCCC1. The molecule has 2 aliphatic rings. The molecule has 0 amide bonds. The molecule has 1 aromatic rings. The van der Waals surface area contributed by atoms with Crippen LogP contribution in [0.5, 0.6) is 0 Å². The van der Waals surface area contributed by atoms with Crippen molar-refractivity contribution in [2.75, 3.05) is 26.2 Å². The molecule has 0 bridgehead atoms. The third-order valence-corrected chi connectivity index (χ3v) is 10.7. The summed E-state index contributed by atoms with van der Waals surface area (Å²) in [6, 6.07) is 5.67. The Bertz CT molecular complexity index is 650. The molecule has 3 rings (SSSR count). The highest BCUT2D eigenvalue weighted by Crippen LogP contribution is 2.68. The molecule has 0 N–H and O–H groups in total. The van der Waals surface area contributed by atoms with Gasteiger partial charge in [-0.3, -0.25) is 9.34 Å². The normalized spacial score (nSPS) is 21.0. The van der Waals surface area contributed by atoms with Gasteiger partial charge >= 0.3 is 0 Å². The van der Waals surface area contributed by atoms with Crippen LogP contribution in [0, 0.1) is 0 Å². The smallest absolute Gasteiger partial charge is 0.108 e. The van der Waals surface area contributed by atoms with Crippen LogP contribution >= 0.6 is 30.6 Å². The van der Waals surface area contributed by atoms with Crippen LogP contribution in [0.2, 0.25) is 10.0 Å². The molecule has 2 saturated heterocycles. The van der Waals surface area contributed by atoms with Crippen LogP contribution in [-0.2, 0) is 0 Å². The molecular weight excluding hydrogens is 384 g/mol. The summed E-state index contributed by atoms with van der Waals surface area (Å²) in [5.74, 6) is 0. The Morgan fingerprint density at radius 2 is 1.35 bits per heavy atom. The van der Waals surface area contributed by atoms with Crippen LogP contribution < -0.4 is 0 Å². The van der Waals surface area contributed by atoms with E-state index in [1.165, 1.54) is 38.5 Å². The molecule has 2 fully saturated rings. The number of benzene rings is 1. The zero-order valence-corrected chi connectivity index (χ0v) is 18.8. The van der Waals surface area contributed by atoms with Gasteiger partial charge in [0.2, 0.25) is 0 Å². The molecule has 2 aliphatic heterocycles. The van der Waals surface area contributed by atoms with Crippen molar-refractivity contribution in [3.05, 3.63) is 28.2 Å². The highest BCUT2D eigenvalue weighted by molar-refractivity contribution is 7.63. The van der Waals surface area contributed by atoms with Gasteiger partial charge in [0, 0.05) is 36.4 Å². The first kappa shape index (κ1) is 20.7. The summed E-state index contributed by atoms with van der Waals surface area (Å²) in [6.07, 6.45) is 7.74. The van der Waals surface area contributed by atoms with Crippen molar-refractivity contribution < 1.29 is 0 Å². The highest BCUT2D eigenvalue weighted by atomic mass is 35.5. The van der Waals surface area contributed by atoms with Crippen LogP contribution in [-0.4, -0.2) is 40.7 Å². The van der Waals surface area contributed by atoms with Gasteiger partial charge in [0.15, 0.2) is 0 Å². The zero-order chi connectivity index (χ0) is 18.8. The van der Waals surface area contributed by atoms with E-state index in [9.17, 15) is 0 Å². The minimum atomic E-state index is -1.95. The summed E-state index contributed by atoms with van der Waals surface area (Å²) in [5.41, 5.74) is 0.860. The Morgan fingerprint density at radius 1 is 0.846 bits per heavy atom. The van der Waals surface area contributed by atoms with Gasteiger partial charge in [-0.2, -0.15) is 0 Å². The maximum Gasteiger partial charge on any atom is 0.108 e. The standard InChI is InChI=1S/C20H32Cl2N3P/c1-20(2,3)26(24-12-6-4-7-13-24,25-14-8-5-9-15-25)23-19-16-17(21)10-11-18(19)22/h10-11,16H,4-9,12-15H2,1-3H3. The van der Waals surface area contributed by atoms with Crippen molar-refractivity contribution in [3.8, 4) is 0 Å². The summed E-state index contributed by atoms with van der Waals surface area (Å²) in [6.45, 7) is 11.7. The number of piperidine rings is 2. The fraction of sp³-hybridized carbons (Fsp3) is 0.700. The molecule has 0 unspecified atom stereocenters. The zero-order valence-electron chi connectivity index (χ0n) is 16.3. The van der Waals surface area contributed by atoms with Gasteiger partial charge in [0.05, 0.1) is 10.7 Å². The third-order valence-electron chi connectivity index (χ3n) is 5.51. The molecule has 6 heteroatoms. The van der Waals surface area contributed by atoms with Gasteiger partial charge in [0.1, 0.15) is 7.36 Å². The van der Waals surface area contributed by atoms with Crippen molar-refractivity contribution in [3.63, 3.8) is 0 Å². The van der Waals surface area contributed by atoms with Gasteiger partial charge in [-0.25, -0.2) is 4.74 Å². The molecular formula is C20H32Cl2N3P. The molecule has 0 radical (unpaired) electrons. The molecule has 3 nitrogen and oxygen atoms in total. The minimum absolute atomic E-state index is 0.0628. The molecule has 0 saturated carbocycles. The van der Waals surface area contributed by atoms with E-state index in [2.05, 4.69) is 30.1 Å². The number of halogens is 2. The van der Waals surface area contributed by atoms with Gasteiger partial charge in [0.25, 0.3) is 0 Å². The maximum atomic E-state index is 6.56. The second kappa shape index (κ2) is 8.53. The lowest BCUT2D eigenvalue weighted by molar-refractivity contribution is 0.293. The van der Waals surface area contributed by atoms with E-state index in [-0.39, 0.29) is 5.16 Å². The van der Waals surface area contributed by atoms with Crippen LogP contribution in [0.3, 0.4) is 0 Å². The lowest BCUT2D eigenvalue weighted by Gasteiger charge is -2.53. The summed E-state index contributed by atoms with van der Waals surface area (Å²) in [5, 5.41) is 1.47. The fourth-order valence-electron chi connectivity index (χ4n) is 4.33. The Hall–Kier alpha value is -0.0500. The largest absolute Gasteiger partial charge is 0.257 e. The van der Waals surface area contributed by atoms with E-state index in [1.807, 2.05) is 18.2 Å². The molecule has 0 aromatic heterocycles. The van der Waals surface area contributed by atoms with E-state index in [1.54, 1.807) is 0 Å². The van der Waals surface area contributed by atoms with Crippen molar-refractivity contribution in [1.29, 1.82) is 0 Å². The Balaban J connectivity index is 2.21. The first-order chi connectivity index (χ1) is 12.3. The Labute approximate surface area is 169 Å². The Kier molecular flexibility index (Phi) is 6.79. The van der Waals surface area contributed by atoms with E-state index < -0.39 is 7.36 Å². The quantitative estimate of drug-likeness (QED) is 0.477. The molecule has 146 valence electrons. The predicted molar refractivity (Wildman–Crippen MR) is 116 cm³/mol. The molecule has 2 heterocycles. The second-order valence-electron chi connectivity index (χ2n) is 8.46. The average Bonchev–Trinajstić information content (AvgIpc) is 2.63. The predicted octanol–water partition coefficient (Wildman–Crippen LogP) is 7.43. The van der Waals surface area contributed by atoms with E-state index in [0.717, 1.165) is 31.9 Å². The molecule has 1 aromatic carbocycles. The van der Waals surface area contributed by atoms with E-state index in [4.69, 9.17) is 27.9 Å². The minimum Gasteiger partial charge on any atom is -0.257 e. The van der Waals surface area contributed by atoms with Crippen LogP contribution in [0.4, 0.5) is 5.69 Å². The lowest BCUT2D eigenvalue weighted by Crippen LogP contribution is -2.44. The van der Waals surface area contributed by atoms with Crippen LogP contribution in [0.15, 0.2) is 22.9 Å². The number of hydrogen-bond donors (Lipinski definition) is 0. The van der Waals surface area contributed by atoms with Gasteiger partial charge < -0.3 is 0 Å². The molecule has 0 aliphatic carbocycles. The van der Waals surface area contributed by atoms with Gasteiger partial charge in [-0.1, -0.05) is 56.8 Å². The van der Waals surface area contributed by atoms with Gasteiger partial charge in [-0.15, -0.1) is 0 Å². The monoisotopic (exact) mass is 415 g/mol. The number of hydrogen-bond acceptors (Lipinski definition) is 1. The average molecular weight is 416 g/mol. The van der Waals surface area contributed by atoms with Crippen molar-refractivity contribution in [2.24, 2.45) is 4.74 Å². The molecule has 26 heavy (non-hydrogen) atoms. The summed E-state index contributed by atoms with van der Waals surface area (Å²) >= 11 is 12.9. The second-order valence-corrected chi connectivity index (χ2v) is 13.1. The lowest BCUT2D eigenvalue weighted by atomic mass is 10.2. The molecule has 0 spiro atoms. The first-order valence-electron chi connectivity index (χ1n) is 9.93. The van der Waals surface area contributed by atoms with E-state index >= 15 is 0 Å². The Morgan fingerprint density at radius 3 is 1.81 bits per heavy atom. The topological polar surface area (TPSA) is 18.8 Å². The van der Waals surface area contributed by atoms with E-state index in [0.29, 0.717) is 10.0 Å². The summed E-state index contributed by atoms with van der Waals surface area (Å²) < 4.78 is 11.0. The van der Waals surface area contributed by atoms with Crippen molar-refractivity contribution in [1.82, 2.24) is 9.34 Å². The molecule has 0 atom stereocenters. The van der Waals surface area contributed by atoms with Crippen LogP contribution in [0.1, 0.15) is 59.3 Å². The van der Waals surface area contributed by atoms with Crippen molar-refractivity contribution in [2.45, 2.75) is 64.5 Å². The van der Waals surface area contributed by atoms with Crippen molar-refractivity contribution >= 4 is 36.2 Å². The highest BCUT2D eigenvalue weighted by Gasteiger charge is 2.45. The van der Waals surface area contributed by atoms with Crippen LogP contribution in [0.25, 0.3) is 0 Å². The number of rotatable bonds is 3. The third kappa shape index (κ3) is 4.18. The maximum absolute atomic E-state index is 6.56. The summed E-state index contributed by atoms with van der Waals surface area (Å²) in [7, 11) is -1.95. The first-order valence-corrected chi connectivity index (χ1v) is 12.3.